The summed E-state index contributed by atoms with van der Waals surface area (Å²) in [5, 5.41) is 11.3. The summed E-state index contributed by atoms with van der Waals surface area (Å²) in [6.45, 7) is 1.97. The number of carbonyl (C=O) groups excluding carboxylic acids is 1. The number of rotatable bonds is 4. The molecule has 0 bridgehead atoms. The minimum absolute atomic E-state index is 0.0439. The molecule has 0 saturated heterocycles. The molecule has 1 fully saturated rings. The lowest BCUT2D eigenvalue weighted by molar-refractivity contribution is -0.385. The number of nitro benzene ring substituents is 1. The molecule has 20 heavy (non-hydrogen) atoms. The molecule has 0 spiro atoms. The van der Waals surface area contributed by atoms with Crippen molar-refractivity contribution in [1.82, 2.24) is 0 Å². The van der Waals surface area contributed by atoms with Crippen LogP contribution in [0.15, 0.2) is 18.2 Å². The lowest BCUT2D eigenvalue weighted by Gasteiger charge is -2.21. The molecule has 0 amide bonds. The Morgan fingerprint density at radius 3 is 2.65 bits per heavy atom. The highest BCUT2D eigenvalue weighted by Crippen LogP contribution is 2.37. The van der Waals surface area contributed by atoms with Gasteiger partial charge in [-0.1, -0.05) is 25.3 Å². The molecule has 2 rings (SSSR count). The Labute approximate surface area is 118 Å². The normalized spacial score (nSPS) is 15.8. The highest BCUT2D eigenvalue weighted by Gasteiger charge is 2.25. The first-order valence-corrected chi connectivity index (χ1v) is 7.09. The molecular weight excluding hydrogens is 258 g/mol. The van der Waals surface area contributed by atoms with Crippen molar-refractivity contribution in [2.45, 2.75) is 44.9 Å². The maximum absolute atomic E-state index is 11.7. The molecule has 0 aromatic heterocycles. The van der Waals surface area contributed by atoms with Crippen LogP contribution in [0.25, 0.3) is 0 Å². The van der Waals surface area contributed by atoms with Gasteiger partial charge in [0.15, 0.2) is 0 Å². The fraction of sp³-hybridized carbons (Fsp3) is 0.533. The molecule has 1 aromatic rings. The van der Waals surface area contributed by atoms with Crippen molar-refractivity contribution in [3.05, 3.63) is 39.4 Å². The highest BCUT2D eigenvalue weighted by atomic mass is 16.6. The van der Waals surface area contributed by atoms with Gasteiger partial charge in [-0.25, -0.2) is 4.79 Å². The first kappa shape index (κ1) is 14.5. The molecule has 0 radical (unpaired) electrons. The second-order valence-electron chi connectivity index (χ2n) is 5.09. The Bertz CT molecular complexity index is 507. The third-order valence-electron chi connectivity index (χ3n) is 3.78. The summed E-state index contributed by atoms with van der Waals surface area (Å²) in [4.78, 5) is 22.5. The van der Waals surface area contributed by atoms with Crippen LogP contribution in [0.5, 0.6) is 0 Å². The maximum Gasteiger partial charge on any atom is 0.338 e. The van der Waals surface area contributed by atoms with Crippen molar-refractivity contribution >= 4 is 11.7 Å². The number of nitro groups is 1. The highest BCUT2D eigenvalue weighted by molar-refractivity contribution is 5.90. The predicted octanol–water partition coefficient (Wildman–Crippen LogP) is 3.82. The Balaban J connectivity index is 2.32. The van der Waals surface area contributed by atoms with Gasteiger partial charge in [-0.2, -0.15) is 0 Å². The summed E-state index contributed by atoms with van der Waals surface area (Å²) < 4.78 is 4.89. The Morgan fingerprint density at radius 1 is 1.35 bits per heavy atom. The number of esters is 1. The second-order valence-corrected chi connectivity index (χ2v) is 5.09. The zero-order valence-corrected chi connectivity index (χ0v) is 11.6. The molecule has 1 saturated carbocycles. The van der Waals surface area contributed by atoms with Gasteiger partial charge >= 0.3 is 5.97 Å². The number of carbonyl (C=O) groups is 1. The van der Waals surface area contributed by atoms with Crippen molar-refractivity contribution in [1.29, 1.82) is 0 Å². The van der Waals surface area contributed by atoms with Gasteiger partial charge in [0.2, 0.25) is 0 Å². The van der Waals surface area contributed by atoms with Gasteiger partial charge in [-0.3, -0.25) is 10.1 Å². The maximum atomic E-state index is 11.7. The number of nitrogens with zero attached hydrogens (tertiary/aromatic N) is 1. The van der Waals surface area contributed by atoms with E-state index in [0.717, 1.165) is 31.2 Å². The molecule has 1 aliphatic rings. The fourth-order valence-electron chi connectivity index (χ4n) is 2.80. The Kier molecular flexibility index (Phi) is 4.71. The minimum Gasteiger partial charge on any atom is -0.462 e. The van der Waals surface area contributed by atoms with Crippen LogP contribution < -0.4 is 0 Å². The van der Waals surface area contributed by atoms with Crippen molar-refractivity contribution < 1.29 is 14.5 Å². The van der Waals surface area contributed by atoms with Crippen LogP contribution in [0.2, 0.25) is 0 Å². The van der Waals surface area contributed by atoms with E-state index in [0.29, 0.717) is 0 Å². The molecule has 0 unspecified atom stereocenters. The lowest BCUT2D eigenvalue weighted by atomic mass is 9.83. The summed E-state index contributed by atoms with van der Waals surface area (Å²) in [7, 11) is 0. The monoisotopic (exact) mass is 277 g/mol. The van der Waals surface area contributed by atoms with Crippen LogP contribution in [-0.4, -0.2) is 17.5 Å². The van der Waals surface area contributed by atoms with Crippen molar-refractivity contribution in [2.75, 3.05) is 6.61 Å². The quantitative estimate of drug-likeness (QED) is 0.476. The number of hydrogen-bond donors (Lipinski definition) is 0. The lowest BCUT2D eigenvalue weighted by Crippen LogP contribution is -2.10. The molecule has 0 aliphatic heterocycles. The first-order valence-electron chi connectivity index (χ1n) is 7.09. The van der Waals surface area contributed by atoms with Crippen molar-refractivity contribution in [2.24, 2.45) is 0 Å². The predicted molar refractivity (Wildman–Crippen MR) is 74.9 cm³/mol. The van der Waals surface area contributed by atoms with E-state index in [1.807, 2.05) is 0 Å². The van der Waals surface area contributed by atoms with Gasteiger partial charge in [0.05, 0.1) is 17.1 Å². The summed E-state index contributed by atoms with van der Waals surface area (Å²) in [6.07, 6.45) is 5.40. The van der Waals surface area contributed by atoms with Gasteiger partial charge in [-0.15, -0.1) is 0 Å². The van der Waals surface area contributed by atoms with Crippen LogP contribution in [0.1, 0.15) is 60.9 Å². The van der Waals surface area contributed by atoms with Crippen LogP contribution in [-0.2, 0) is 4.74 Å². The van der Waals surface area contributed by atoms with Crippen LogP contribution in [0.4, 0.5) is 5.69 Å². The molecule has 0 atom stereocenters. The standard InChI is InChI=1S/C15H19NO4/c1-2-20-15(17)12-8-9-13(14(10-12)16(18)19)11-6-4-3-5-7-11/h8-11H,2-7H2,1H3. The summed E-state index contributed by atoms with van der Waals surface area (Å²) >= 11 is 0. The number of hydrogen-bond acceptors (Lipinski definition) is 4. The van der Waals surface area contributed by atoms with E-state index >= 15 is 0 Å². The molecule has 1 aromatic carbocycles. The Hall–Kier alpha value is -1.91. The van der Waals surface area contributed by atoms with E-state index < -0.39 is 10.9 Å². The van der Waals surface area contributed by atoms with Crippen molar-refractivity contribution in [3.63, 3.8) is 0 Å². The first-order chi connectivity index (χ1) is 9.63. The topological polar surface area (TPSA) is 69.4 Å². The van der Waals surface area contributed by atoms with E-state index in [-0.39, 0.29) is 23.8 Å². The van der Waals surface area contributed by atoms with Gasteiger partial charge < -0.3 is 4.74 Å². The van der Waals surface area contributed by atoms with E-state index in [1.54, 1.807) is 19.1 Å². The molecule has 108 valence electrons. The third kappa shape index (κ3) is 3.15. The van der Waals surface area contributed by atoms with Crippen molar-refractivity contribution in [3.8, 4) is 0 Å². The van der Waals surface area contributed by atoms with Gasteiger partial charge in [-0.05, 0) is 31.7 Å². The molecular formula is C15H19NO4. The average Bonchev–Trinajstić information content (AvgIpc) is 2.47. The number of ether oxygens (including phenoxy) is 1. The summed E-state index contributed by atoms with van der Waals surface area (Å²) in [5.74, 6) is -0.272. The molecule has 5 heteroatoms. The SMILES string of the molecule is CCOC(=O)c1ccc(C2CCCCC2)c([N+](=O)[O-])c1. The van der Waals surface area contributed by atoms with Crippen LogP contribution in [0.3, 0.4) is 0 Å². The van der Waals surface area contributed by atoms with E-state index in [1.165, 1.54) is 12.5 Å². The molecule has 0 heterocycles. The van der Waals surface area contributed by atoms with E-state index in [2.05, 4.69) is 0 Å². The largest absolute Gasteiger partial charge is 0.462 e. The number of benzene rings is 1. The third-order valence-corrected chi connectivity index (χ3v) is 3.78. The van der Waals surface area contributed by atoms with Crippen LogP contribution >= 0.6 is 0 Å². The van der Waals surface area contributed by atoms with Crippen LogP contribution in [0, 0.1) is 10.1 Å². The zero-order valence-electron chi connectivity index (χ0n) is 11.6. The minimum atomic E-state index is -0.509. The van der Waals surface area contributed by atoms with Gasteiger partial charge in [0.1, 0.15) is 0 Å². The van der Waals surface area contributed by atoms with Gasteiger partial charge in [0.25, 0.3) is 5.69 Å². The fourth-order valence-corrected chi connectivity index (χ4v) is 2.80. The summed E-state index contributed by atoms with van der Waals surface area (Å²) in [6, 6.07) is 4.71. The van der Waals surface area contributed by atoms with E-state index in [4.69, 9.17) is 4.74 Å². The molecule has 1 aliphatic carbocycles. The average molecular weight is 277 g/mol. The summed E-state index contributed by atoms with van der Waals surface area (Å²) in [5.41, 5.74) is 1.04. The smallest absolute Gasteiger partial charge is 0.338 e. The second kappa shape index (κ2) is 6.50. The molecule has 5 nitrogen and oxygen atoms in total. The zero-order chi connectivity index (χ0) is 14.5. The Morgan fingerprint density at radius 2 is 2.05 bits per heavy atom. The van der Waals surface area contributed by atoms with E-state index in [9.17, 15) is 14.9 Å². The van der Waals surface area contributed by atoms with Gasteiger partial charge in [0, 0.05) is 11.6 Å². The molecule has 0 N–H and O–H groups in total.